The van der Waals surface area contributed by atoms with E-state index < -0.39 is 0 Å². The van der Waals surface area contributed by atoms with Crippen molar-refractivity contribution in [1.29, 1.82) is 0 Å². The Morgan fingerprint density at radius 1 is 1.26 bits per heavy atom. The Morgan fingerprint density at radius 3 is 2.84 bits per heavy atom. The van der Waals surface area contributed by atoms with E-state index in [4.69, 9.17) is 0 Å². The standard InChI is InChI=1S/C13H12N4O2/c18-12-6-5-11(16-17-12)15-13(19)10-7-8-3-1-2-4-9(8)14-10/h1-6,10,14H,7H2,(H,17,18)(H,15,16,19)/t10-/m0/s1. The quantitative estimate of drug-likeness (QED) is 0.739. The minimum absolute atomic E-state index is 0.171. The van der Waals surface area contributed by atoms with Gasteiger partial charge in [-0.15, -0.1) is 0 Å². The lowest BCUT2D eigenvalue weighted by Gasteiger charge is -2.10. The van der Waals surface area contributed by atoms with Gasteiger partial charge in [-0.3, -0.25) is 9.59 Å². The van der Waals surface area contributed by atoms with Crippen LogP contribution in [0.5, 0.6) is 0 Å². The molecule has 6 nitrogen and oxygen atoms in total. The molecule has 2 heterocycles. The zero-order valence-corrected chi connectivity index (χ0v) is 10.0. The van der Waals surface area contributed by atoms with Crippen molar-refractivity contribution in [2.24, 2.45) is 0 Å². The molecule has 0 radical (unpaired) electrons. The molecule has 0 saturated carbocycles. The van der Waals surface area contributed by atoms with E-state index in [0.29, 0.717) is 12.2 Å². The Morgan fingerprint density at radius 2 is 2.11 bits per heavy atom. The summed E-state index contributed by atoms with van der Waals surface area (Å²) < 4.78 is 0. The highest BCUT2D eigenvalue weighted by atomic mass is 16.2. The number of hydrogen-bond acceptors (Lipinski definition) is 4. The summed E-state index contributed by atoms with van der Waals surface area (Å²) in [5.74, 6) is 0.165. The summed E-state index contributed by atoms with van der Waals surface area (Å²) in [5, 5.41) is 11.8. The molecule has 0 unspecified atom stereocenters. The van der Waals surface area contributed by atoms with Crippen LogP contribution in [-0.4, -0.2) is 22.1 Å². The molecule has 0 spiro atoms. The van der Waals surface area contributed by atoms with Crippen molar-refractivity contribution in [2.45, 2.75) is 12.5 Å². The first-order chi connectivity index (χ1) is 9.22. The number of hydrogen-bond donors (Lipinski definition) is 3. The van der Waals surface area contributed by atoms with Crippen molar-refractivity contribution >= 4 is 17.4 Å². The summed E-state index contributed by atoms with van der Waals surface area (Å²) in [6, 6.07) is 10.3. The van der Waals surface area contributed by atoms with Crippen LogP contribution in [0.1, 0.15) is 5.56 Å². The lowest BCUT2D eigenvalue weighted by molar-refractivity contribution is -0.116. The van der Waals surface area contributed by atoms with Crippen molar-refractivity contribution < 1.29 is 4.79 Å². The predicted octanol–water partition coefficient (Wildman–Crippen LogP) is 0.745. The van der Waals surface area contributed by atoms with Crippen LogP contribution in [0, 0.1) is 0 Å². The number of aromatic nitrogens is 2. The lowest BCUT2D eigenvalue weighted by Crippen LogP contribution is -2.33. The van der Waals surface area contributed by atoms with E-state index in [1.54, 1.807) is 0 Å². The maximum atomic E-state index is 12.1. The number of benzene rings is 1. The SMILES string of the molecule is O=C(Nc1ccc(=O)[nH]n1)[C@@H]1Cc2ccccc2N1. The van der Waals surface area contributed by atoms with Gasteiger partial charge in [0.25, 0.3) is 5.56 Å². The van der Waals surface area contributed by atoms with Gasteiger partial charge in [0.1, 0.15) is 6.04 Å². The topological polar surface area (TPSA) is 86.9 Å². The number of H-pyrrole nitrogens is 1. The molecule has 0 fully saturated rings. The molecule has 1 aromatic heterocycles. The second-order valence-corrected chi connectivity index (χ2v) is 4.35. The van der Waals surface area contributed by atoms with Gasteiger partial charge >= 0.3 is 0 Å². The number of nitrogens with one attached hydrogen (secondary N) is 3. The molecule has 3 rings (SSSR count). The molecule has 0 saturated heterocycles. The zero-order chi connectivity index (χ0) is 13.2. The number of carbonyl (C=O) groups excluding carboxylic acids is 1. The van der Waals surface area contributed by atoms with E-state index in [0.717, 1.165) is 11.3 Å². The molecule has 1 atom stereocenters. The molecular weight excluding hydrogens is 244 g/mol. The zero-order valence-electron chi connectivity index (χ0n) is 10.0. The highest BCUT2D eigenvalue weighted by Gasteiger charge is 2.26. The van der Waals surface area contributed by atoms with Crippen LogP contribution in [0.3, 0.4) is 0 Å². The Kier molecular flexibility index (Phi) is 2.75. The minimum Gasteiger partial charge on any atom is -0.373 e. The number of rotatable bonds is 2. The van der Waals surface area contributed by atoms with Crippen LogP contribution in [0.4, 0.5) is 11.5 Å². The number of fused-ring (bicyclic) bond motifs is 1. The van der Waals surface area contributed by atoms with Gasteiger partial charge in [0.15, 0.2) is 5.82 Å². The second kappa shape index (κ2) is 4.56. The first kappa shape index (κ1) is 11.5. The highest BCUT2D eigenvalue weighted by molar-refractivity contribution is 5.97. The fraction of sp³-hybridized carbons (Fsp3) is 0.154. The summed E-state index contributed by atoms with van der Waals surface area (Å²) in [5.41, 5.74) is 1.80. The van der Waals surface area contributed by atoms with Crippen LogP contribution >= 0.6 is 0 Å². The first-order valence-electron chi connectivity index (χ1n) is 5.93. The van der Waals surface area contributed by atoms with Crippen molar-refractivity contribution in [2.75, 3.05) is 10.6 Å². The van der Waals surface area contributed by atoms with E-state index >= 15 is 0 Å². The number of carbonyl (C=O) groups is 1. The van der Waals surface area contributed by atoms with Gasteiger partial charge in [0, 0.05) is 18.2 Å². The third-order valence-electron chi connectivity index (χ3n) is 3.02. The van der Waals surface area contributed by atoms with Crippen LogP contribution < -0.4 is 16.2 Å². The van der Waals surface area contributed by atoms with Gasteiger partial charge < -0.3 is 10.6 Å². The molecule has 1 aliphatic heterocycles. The molecule has 1 aromatic carbocycles. The van der Waals surface area contributed by atoms with Crippen molar-refractivity contribution in [3.05, 3.63) is 52.3 Å². The number of amides is 1. The minimum atomic E-state index is -0.314. The van der Waals surface area contributed by atoms with Crippen LogP contribution in [-0.2, 0) is 11.2 Å². The summed E-state index contributed by atoms with van der Waals surface area (Å²) >= 11 is 0. The average molecular weight is 256 g/mol. The summed E-state index contributed by atoms with van der Waals surface area (Å²) in [7, 11) is 0. The fourth-order valence-corrected chi connectivity index (χ4v) is 2.08. The molecular formula is C13H12N4O2. The molecule has 96 valence electrons. The fourth-order valence-electron chi connectivity index (χ4n) is 2.08. The molecule has 2 aromatic rings. The Hall–Kier alpha value is -2.63. The van der Waals surface area contributed by atoms with Gasteiger partial charge in [-0.2, -0.15) is 5.10 Å². The maximum Gasteiger partial charge on any atom is 0.264 e. The van der Waals surface area contributed by atoms with Crippen molar-refractivity contribution in [3.63, 3.8) is 0 Å². The largest absolute Gasteiger partial charge is 0.373 e. The summed E-state index contributed by atoms with van der Waals surface area (Å²) in [4.78, 5) is 22.9. The smallest absolute Gasteiger partial charge is 0.264 e. The van der Waals surface area contributed by atoms with Crippen LogP contribution in [0.25, 0.3) is 0 Å². The monoisotopic (exact) mass is 256 g/mol. The van der Waals surface area contributed by atoms with Gasteiger partial charge in [0.05, 0.1) is 0 Å². The molecule has 19 heavy (non-hydrogen) atoms. The number of anilines is 2. The number of para-hydroxylation sites is 1. The molecule has 0 bridgehead atoms. The summed E-state index contributed by atoms with van der Waals surface area (Å²) in [6.45, 7) is 0. The highest BCUT2D eigenvalue weighted by Crippen LogP contribution is 2.25. The number of aromatic amines is 1. The normalized spacial score (nSPS) is 16.5. The second-order valence-electron chi connectivity index (χ2n) is 4.35. The van der Waals surface area contributed by atoms with Crippen molar-refractivity contribution in [3.8, 4) is 0 Å². The predicted molar refractivity (Wildman–Crippen MR) is 71.0 cm³/mol. The van der Waals surface area contributed by atoms with Crippen molar-refractivity contribution in [1.82, 2.24) is 10.2 Å². The van der Waals surface area contributed by atoms with Gasteiger partial charge in [-0.1, -0.05) is 18.2 Å². The van der Waals surface area contributed by atoms with Gasteiger partial charge in [-0.05, 0) is 17.7 Å². The molecule has 3 N–H and O–H groups in total. The Balaban J connectivity index is 1.70. The summed E-state index contributed by atoms with van der Waals surface area (Å²) in [6.07, 6.45) is 0.644. The van der Waals surface area contributed by atoms with Gasteiger partial charge in [-0.25, -0.2) is 5.10 Å². The first-order valence-corrected chi connectivity index (χ1v) is 5.93. The maximum absolute atomic E-state index is 12.1. The van der Waals surface area contributed by atoms with Crippen LogP contribution in [0.2, 0.25) is 0 Å². The van der Waals surface area contributed by atoms with E-state index in [2.05, 4.69) is 20.8 Å². The molecule has 1 amide bonds. The molecule has 0 aliphatic carbocycles. The molecule has 1 aliphatic rings. The number of nitrogens with zero attached hydrogens (tertiary/aromatic N) is 1. The van der Waals surface area contributed by atoms with E-state index in [1.807, 2.05) is 24.3 Å². The molecule has 6 heteroatoms. The van der Waals surface area contributed by atoms with E-state index in [9.17, 15) is 9.59 Å². The van der Waals surface area contributed by atoms with E-state index in [1.165, 1.54) is 12.1 Å². The Labute approximate surface area is 108 Å². The van der Waals surface area contributed by atoms with E-state index in [-0.39, 0.29) is 17.5 Å². The Bertz CT molecular complexity index is 635. The van der Waals surface area contributed by atoms with Gasteiger partial charge in [0.2, 0.25) is 5.91 Å². The third kappa shape index (κ3) is 2.33. The average Bonchev–Trinajstić information content (AvgIpc) is 2.85. The lowest BCUT2D eigenvalue weighted by atomic mass is 10.1. The third-order valence-corrected chi connectivity index (χ3v) is 3.02. The van der Waals surface area contributed by atoms with Crippen LogP contribution in [0.15, 0.2) is 41.2 Å².